The molecular weight excluding hydrogens is 396 g/mol. The molecule has 158 valence electrons. The first kappa shape index (κ1) is 20.4. The standard InChI is InChI=1S/C24H22N2O5/c1-14-9-19(16(3)26(14)23-10-15(2)31-25-23)21(27)13-30-24(28)20-11-17-7-5-6-8-18(17)12-22(20)29-4/h5-12H,13H2,1-4H3. The van der Waals surface area contributed by atoms with Crippen LogP contribution in [0.5, 0.6) is 5.75 Å². The lowest BCUT2D eigenvalue weighted by molar-refractivity contribution is 0.0471. The summed E-state index contributed by atoms with van der Waals surface area (Å²) >= 11 is 0. The van der Waals surface area contributed by atoms with E-state index in [0.717, 1.165) is 16.5 Å². The van der Waals surface area contributed by atoms with Gasteiger partial charge in [-0.15, -0.1) is 0 Å². The molecule has 0 saturated carbocycles. The minimum absolute atomic E-state index is 0.276. The number of fused-ring (bicyclic) bond motifs is 1. The highest BCUT2D eigenvalue weighted by Crippen LogP contribution is 2.27. The van der Waals surface area contributed by atoms with Crippen molar-refractivity contribution in [2.24, 2.45) is 0 Å². The van der Waals surface area contributed by atoms with Gasteiger partial charge in [0.2, 0.25) is 5.78 Å². The van der Waals surface area contributed by atoms with Gasteiger partial charge in [-0.3, -0.25) is 9.36 Å². The number of hydrogen-bond donors (Lipinski definition) is 0. The maximum Gasteiger partial charge on any atom is 0.342 e. The van der Waals surface area contributed by atoms with Gasteiger partial charge in [0.25, 0.3) is 0 Å². The van der Waals surface area contributed by atoms with Gasteiger partial charge in [0.15, 0.2) is 12.4 Å². The first-order valence-corrected chi connectivity index (χ1v) is 9.78. The third kappa shape index (κ3) is 3.82. The van der Waals surface area contributed by atoms with Gasteiger partial charge >= 0.3 is 5.97 Å². The second kappa shape index (κ2) is 8.10. The van der Waals surface area contributed by atoms with Crippen LogP contribution in [0.15, 0.2) is 53.1 Å². The highest BCUT2D eigenvalue weighted by Gasteiger charge is 2.21. The maximum absolute atomic E-state index is 12.8. The number of Topliss-reactive ketones (excluding diaryl/α,β-unsaturated/α-hetero) is 1. The molecule has 0 fully saturated rings. The Labute approximate surface area is 179 Å². The van der Waals surface area contributed by atoms with E-state index in [9.17, 15) is 9.59 Å². The van der Waals surface area contributed by atoms with Crippen molar-refractivity contribution in [1.29, 1.82) is 0 Å². The summed E-state index contributed by atoms with van der Waals surface area (Å²) in [5.74, 6) is 0.762. The first-order valence-electron chi connectivity index (χ1n) is 9.78. The number of carbonyl (C=O) groups excluding carboxylic acids is 2. The van der Waals surface area contributed by atoms with E-state index in [1.165, 1.54) is 7.11 Å². The summed E-state index contributed by atoms with van der Waals surface area (Å²) in [5, 5.41) is 5.84. The average Bonchev–Trinajstić information content (AvgIpc) is 3.32. The van der Waals surface area contributed by atoms with Crippen molar-refractivity contribution in [2.75, 3.05) is 13.7 Å². The number of ketones is 1. The topological polar surface area (TPSA) is 83.6 Å². The monoisotopic (exact) mass is 418 g/mol. The molecule has 7 heteroatoms. The minimum Gasteiger partial charge on any atom is -0.496 e. The molecule has 31 heavy (non-hydrogen) atoms. The number of benzene rings is 2. The fourth-order valence-electron chi connectivity index (χ4n) is 3.69. The molecule has 4 rings (SSSR count). The second-order valence-corrected chi connectivity index (χ2v) is 7.31. The summed E-state index contributed by atoms with van der Waals surface area (Å²) in [7, 11) is 1.49. The molecule has 0 amide bonds. The van der Waals surface area contributed by atoms with Gasteiger partial charge in [-0.2, -0.15) is 0 Å². The quantitative estimate of drug-likeness (QED) is 0.336. The number of methoxy groups -OCH3 is 1. The van der Waals surface area contributed by atoms with Crippen molar-refractivity contribution in [3.8, 4) is 11.6 Å². The summed E-state index contributed by atoms with van der Waals surface area (Å²) < 4.78 is 17.7. The zero-order valence-corrected chi connectivity index (χ0v) is 17.8. The van der Waals surface area contributed by atoms with Crippen LogP contribution in [0.4, 0.5) is 0 Å². The summed E-state index contributed by atoms with van der Waals surface area (Å²) in [5.41, 5.74) is 2.28. The number of hydrogen-bond acceptors (Lipinski definition) is 6. The lowest BCUT2D eigenvalue weighted by atomic mass is 10.1. The van der Waals surface area contributed by atoms with Crippen molar-refractivity contribution >= 4 is 22.5 Å². The van der Waals surface area contributed by atoms with E-state index in [0.29, 0.717) is 28.6 Å². The van der Waals surface area contributed by atoms with E-state index in [1.807, 2.05) is 42.7 Å². The Hall–Kier alpha value is -3.87. The van der Waals surface area contributed by atoms with Crippen LogP contribution in [0, 0.1) is 20.8 Å². The summed E-state index contributed by atoms with van der Waals surface area (Å²) in [6.07, 6.45) is 0. The molecule has 0 aliphatic rings. The Bertz CT molecular complexity index is 1300. The predicted molar refractivity (Wildman–Crippen MR) is 115 cm³/mol. The number of rotatable bonds is 6. The number of ether oxygens (including phenoxy) is 2. The molecule has 0 radical (unpaired) electrons. The van der Waals surface area contributed by atoms with Crippen LogP contribution in [0.3, 0.4) is 0 Å². The van der Waals surface area contributed by atoms with Gasteiger partial charge in [-0.1, -0.05) is 29.4 Å². The van der Waals surface area contributed by atoms with Crippen LogP contribution in [-0.4, -0.2) is 35.2 Å². The van der Waals surface area contributed by atoms with Gasteiger partial charge in [0.05, 0.1) is 7.11 Å². The Morgan fingerprint density at radius 3 is 2.35 bits per heavy atom. The summed E-state index contributed by atoms with van der Waals surface area (Å²) in [6, 6.07) is 14.7. The average molecular weight is 418 g/mol. The molecule has 2 aromatic heterocycles. The molecule has 0 aliphatic heterocycles. The van der Waals surface area contributed by atoms with Crippen LogP contribution < -0.4 is 4.74 Å². The zero-order valence-electron chi connectivity index (χ0n) is 17.8. The highest BCUT2D eigenvalue weighted by atomic mass is 16.5. The first-order chi connectivity index (χ1) is 14.9. The predicted octanol–water partition coefficient (Wildman–Crippen LogP) is 4.59. The Morgan fingerprint density at radius 2 is 1.71 bits per heavy atom. The number of esters is 1. The molecule has 0 bridgehead atoms. The number of aryl methyl sites for hydroxylation is 2. The largest absolute Gasteiger partial charge is 0.496 e. The van der Waals surface area contributed by atoms with Crippen LogP contribution in [0.1, 0.15) is 37.9 Å². The molecule has 0 saturated heterocycles. The minimum atomic E-state index is -0.614. The maximum atomic E-state index is 12.8. The number of aromatic nitrogens is 2. The van der Waals surface area contributed by atoms with Gasteiger partial charge in [-0.25, -0.2) is 4.79 Å². The van der Waals surface area contributed by atoms with Crippen LogP contribution in [-0.2, 0) is 4.74 Å². The summed E-state index contributed by atoms with van der Waals surface area (Å²) in [4.78, 5) is 25.5. The molecular formula is C24H22N2O5. The lowest BCUT2D eigenvalue weighted by Gasteiger charge is -2.10. The molecule has 0 aliphatic carbocycles. The molecule has 2 aromatic carbocycles. The lowest BCUT2D eigenvalue weighted by Crippen LogP contribution is -2.15. The fourth-order valence-corrected chi connectivity index (χ4v) is 3.69. The van der Waals surface area contributed by atoms with Crippen molar-refractivity contribution in [1.82, 2.24) is 9.72 Å². The van der Waals surface area contributed by atoms with Crippen molar-refractivity contribution in [2.45, 2.75) is 20.8 Å². The van der Waals surface area contributed by atoms with E-state index < -0.39 is 5.97 Å². The zero-order chi connectivity index (χ0) is 22.1. The van der Waals surface area contributed by atoms with E-state index in [-0.39, 0.29) is 18.0 Å². The van der Waals surface area contributed by atoms with Crippen molar-refractivity contribution in [3.63, 3.8) is 0 Å². The Morgan fingerprint density at radius 1 is 1.00 bits per heavy atom. The molecule has 4 aromatic rings. The molecule has 0 atom stereocenters. The normalized spacial score (nSPS) is 11.0. The Kier molecular flexibility index (Phi) is 5.33. The molecule has 0 N–H and O–H groups in total. The SMILES string of the molecule is COc1cc2ccccc2cc1C(=O)OCC(=O)c1cc(C)n(-c2cc(C)on2)c1C. The van der Waals surface area contributed by atoms with Crippen LogP contribution >= 0.6 is 0 Å². The smallest absolute Gasteiger partial charge is 0.342 e. The molecule has 7 nitrogen and oxygen atoms in total. The Balaban J connectivity index is 1.54. The number of nitrogens with zero attached hydrogens (tertiary/aromatic N) is 2. The van der Waals surface area contributed by atoms with E-state index in [1.54, 1.807) is 31.2 Å². The van der Waals surface area contributed by atoms with Gasteiger partial charge in [-0.05, 0) is 49.7 Å². The highest BCUT2D eigenvalue weighted by molar-refractivity contribution is 6.02. The van der Waals surface area contributed by atoms with Crippen molar-refractivity contribution < 1.29 is 23.6 Å². The molecule has 2 heterocycles. The van der Waals surface area contributed by atoms with Crippen molar-refractivity contribution in [3.05, 3.63) is 76.8 Å². The van der Waals surface area contributed by atoms with Gasteiger partial charge < -0.3 is 14.0 Å². The fraction of sp³-hybridized carbons (Fsp3) is 0.208. The van der Waals surface area contributed by atoms with Gasteiger partial charge in [0.1, 0.15) is 17.1 Å². The van der Waals surface area contributed by atoms with E-state index in [4.69, 9.17) is 14.0 Å². The van der Waals surface area contributed by atoms with Crippen LogP contribution in [0.2, 0.25) is 0 Å². The third-order valence-electron chi connectivity index (χ3n) is 5.20. The third-order valence-corrected chi connectivity index (χ3v) is 5.20. The van der Waals surface area contributed by atoms with E-state index in [2.05, 4.69) is 5.16 Å². The second-order valence-electron chi connectivity index (χ2n) is 7.31. The molecule has 0 spiro atoms. The van der Waals surface area contributed by atoms with E-state index >= 15 is 0 Å². The van der Waals surface area contributed by atoms with Gasteiger partial charge in [0, 0.05) is 23.0 Å². The number of carbonyl (C=O) groups is 2. The van der Waals surface area contributed by atoms with Crippen LogP contribution in [0.25, 0.3) is 16.6 Å². The summed E-state index contributed by atoms with van der Waals surface area (Å²) in [6.45, 7) is 5.12. The molecule has 0 unspecified atom stereocenters.